The van der Waals surface area contributed by atoms with Crippen LogP contribution in [0.1, 0.15) is 12.7 Å². The molecule has 0 aliphatic carbocycles. The summed E-state index contributed by atoms with van der Waals surface area (Å²) >= 11 is 5.86. The van der Waals surface area contributed by atoms with Gasteiger partial charge in [-0.25, -0.2) is 0 Å². The van der Waals surface area contributed by atoms with Crippen LogP contribution >= 0.6 is 11.6 Å². The van der Waals surface area contributed by atoms with Crippen LogP contribution in [-0.4, -0.2) is 52.9 Å². The van der Waals surface area contributed by atoms with E-state index in [4.69, 9.17) is 16.3 Å². The van der Waals surface area contributed by atoms with Crippen LogP contribution in [0.5, 0.6) is 5.75 Å². The fourth-order valence-electron chi connectivity index (χ4n) is 2.16. The summed E-state index contributed by atoms with van der Waals surface area (Å²) in [5.74, 6) is 2.46. The first-order valence-corrected chi connectivity index (χ1v) is 8.18. The number of likely N-dealkylation sites (N-methyl/N-ethyl adjacent to an activating group) is 1. The maximum absolute atomic E-state index is 5.86. The fraction of sp³-hybridized carbons (Fsp3) is 0.438. The first-order chi connectivity index (χ1) is 11.6. The summed E-state index contributed by atoms with van der Waals surface area (Å²) in [5, 5.41) is 12.0. The van der Waals surface area contributed by atoms with Crippen LogP contribution in [-0.2, 0) is 13.1 Å². The van der Waals surface area contributed by atoms with E-state index in [0.717, 1.165) is 24.1 Å². The van der Waals surface area contributed by atoms with Gasteiger partial charge in [0.1, 0.15) is 18.7 Å². The van der Waals surface area contributed by atoms with Crippen molar-refractivity contribution in [2.75, 3.05) is 27.2 Å². The highest BCUT2D eigenvalue weighted by Gasteiger charge is 2.08. The summed E-state index contributed by atoms with van der Waals surface area (Å²) in [6.45, 7) is 4.71. The fourth-order valence-corrected chi connectivity index (χ4v) is 2.29. The molecule has 0 aliphatic rings. The van der Waals surface area contributed by atoms with Crippen molar-refractivity contribution < 1.29 is 4.74 Å². The van der Waals surface area contributed by atoms with Gasteiger partial charge in [-0.1, -0.05) is 11.6 Å². The maximum atomic E-state index is 5.86. The maximum Gasteiger partial charge on any atom is 0.193 e. The van der Waals surface area contributed by atoms with Gasteiger partial charge in [0, 0.05) is 25.7 Å². The molecule has 1 heterocycles. The quantitative estimate of drug-likeness (QED) is 0.611. The Kier molecular flexibility index (Phi) is 6.87. The normalized spacial score (nSPS) is 11.4. The Hall–Kier alpha value is -2.28. The van der Waals surface area contributed by atoms with Crippen molar-refractivity contribution in [1.82, 2.24) is 25.0 Å². The minimum Gasteiger partial charge on any atom is -0.492 e. The molecule has 130 valence electrons. The largest absolute Gasteiger partial charge is 0.492 e. The molecular weight excluding hydrogens is 328 g/mol. The van der Waals surface area contributed by atoms with Crippen molar-refractivity contribution in [3.8, 4) is 5.75 Å². The Morgan fingerprint density at radius 1 is 1.38 bits per heavy atom. The van der Waals surface area contributed by atoms with Gasteiger partial charge in [0.15, 0.2) is 11.8 Å². The van der Waals surface area contributed by atoms with Gasteiger partial charge in [-0.3, -0.25) is 4.99 Å². The smallest absolute Gasteiger partial charge is 0.193 e. The van der Waals surface area contributed by atoms with Crippen LogP contribution in [0.2, 0.25) is 5.02 Å². The van der Waals surface area contributed by atoms with Crippen molar-refractivity contribution in [3.63, 3.8) is 0 Å². The van der Waals surface area contributed by atoms with Gasteiger partial charge >= 0.3 is 0 Å². The van der Waals surface area contributed by atoms with Gasteiger partial charge in [0.25, 0.3) is 0 Å². The lowest BCUT2D eigenvalue weighted by Crippen LogP contribution is -2.40. The van der Waals surface area contributed by atoms with Crippen LogP contribution in [0.25, 0.3) is 0 Å². The highest BCUT2D eigenvalue weighted by atomic mass is 35.5. The molecule has 1 aromatic heterocycles. The minimum absolute atomic E-state index is 0.546. The molecule has 0 aliphatic heterocycles. The highest BCUT2D eigenvalue weighted by Crippen LogP contribution is 2.15. The number of nitrogens with one attached hydrogen (secondary N) is 1. The predicted octanol–water partition coefficient (Wildman–Crippen LogP) is 2.04. The average molecular weight is 351 g/mol. The van der Waals surface area contributed by atoms with Crippen LogP contribution < -0.4 is 10.1 Å². The molecule has 1 N–H and O–H groups in total. The number of hydrogen-bond acceptors (Lipinski definition) is 4. The molecule has 0 saturated heterocycles. The van der Waals surface area contributed by atoms with Crippen molar-refractivity contribution in [2.45, 2.75) is 20.0 Å². The van der Waals surface area contributed by atoms with Gasteiger partial charge in [-0.15, -0.1) is 10.2 Å². The number of guanidine groups is 1. The Labute approximate surface area is 147 Å². The lowest BCUT2D eigenvalue weighted by atomic mass is 10.3. The van der Waals surface area contributed by atoms with E-state index in [2.05, 4.69) is 27.4 Å². The van der Waals surface area contributed by atoms with E-state index in [0.29, 0.717) is 24.7 Å². The number of hydrogen-bond donors (Lipinski definition) is 1. The Balaban J connectivity index is 1.78. The molecule has 0 bridgehead atoms. The van der Waals surface area contributed by atoms with Crippen molar-refractivity contribution in [1.29, 1.82) is 0 Å². The Morgan fingerprint density at radius 2 is 2.12 bits per heavy atom. The molecular formula is C16H23ClN6O. The van der Waals surface area contributed by atoms with E-state index in [1.165, 1.54) is 0 Å². The second kappa shape index (κ2) is 9.12. The summed E-state index contributed by atoms with van der Waals surface area (Å²) < 4.78 is 7.69. The monoisotopic (exact) mass is 350 g/mol. The number of aliphatic imine (C=N–C) groups is 1. The zero-order valence-corrected chi connectivity index (χ0v) is 15.0. The number of aryl methyl sites for hydroxylation is 1. The molecule has 0 amide bonds. The van der Waals surface area contributed by atoms with Gasteiger partial charge in [0.05, 0.1) is 13.1 Å². The Morgan fingerprint density at radius 3 is 2.79 bits per heavy atom. The molecule has 0 fully saturated rings. The summed E-state index contributed by atoms with van der Waals surface area (Å²) in [5.41, 5.74) is 0. The summed E-state index contributed by atoms with van der Waals surface area (Å²) in [4.78, 5) is 6.28. The number of benzene rings is 1. The van der Waals surface area contributed by atoms with E-state index in [-0.39, 0.29) is 0 Å². The zero-order valence-electron chi connectivity index (χ0n) is 14.2. The second-order valence-electron chi connectivity index (χ2n) is 5.16. The van der Waals surface area contributed by atoms with Crippen molar-refractivity contribution in [3.05, 3.63) is 41.4 Å². The molecule has 7 nitrogen and oxygen atoms in total. The Bertz CT molecular complexity index is 655. The molecule has 24 heavy (non-hydrogen) atoms. The molecule has 2 rings (SSSR count). The van der Waals surface area contributed by atoms with Gasteiger partial charge in [0.2, 0.25) is 0 Å². The molecule has 0 saturated carbocycles. The second-order valence-corrected chi connectivity index (χ2v) is 5.59. The van der Waals surface area contributed by atoms with E-state index < -0.39 is 0 Å². The van der Waals surface area contributed by atoms with Crippen molar-refractivity contribution in [2.24, 2.45) is 4.99 Å². The average Bonchev–Trinajstić information content (AvgIpc) is 3.05. The van der Waals surface area contributed by atoms with E-state index in [1.807, 2.05) is 40.8 Å². The molecule has 8 heteroatoms. The van der Waals surface area contributed by atoms with Gasteiger partial charge in [-0.05, 0) is 31.2 Å². The predicted molar refractivity (Wildman–Crippen MR) is 95.5 cm³/mol. The van der Waals surface area contributed by atoms with Gasteiger partial charge in [-0.2, -0.15) is 0 Å². The standard InChI is InChI=1S/C16H23ClN6O/c1-4-23-12-20-21-15(23)11-19-16(18-2)22(3)9-10-24-14-7-5-13(17)6-8-14/h5-8,12H,4,9-11H2,1-3H3,(H,18,19). The number of halogens is 1. The third-order valence-electron chi connectivity index (χ3n) is 3.52. The number of ether oxygens (including phenoxy) is 1. The minimum atomic E-state index is 0.546. The molecule has 0 radical (unpaired) electrons. The topological polar surface area (TPSA) is 67.6 Å². The zero-order chi connectivity index (χ0) is 17.4. The number of aromatic nitrogens is 3. The van der Waals surface area contributed by atoms with Crippen LogP contribution in [0.3, 0.4) is 0 Å². The van der Waals surface area contributed by atoms with Crippen molar-refractivity contribution >= 4 is 17.6 Å². The first-order valence-electron chi connectivity index (χ1n) is 7.81. The van der Waals surface area contributed by atoms with Gasteiger partial charge < -0.3 is 19.5 Å². The first kappa shape index (κ1) is 18.1. The van der Waals surface area contributed by atoms with E-state index in [1.54, 1.807) is 13.4 Å². The third kappa shape index (κ3) is 5.13. The SMILES string of the molecule is CCn1cnnc1CNC(=NC)N(C)CCOc1ccc(Cl)cc1. The van der Waals surface area contributed by atoms with E-state index in [9.17, 15) is 0 Å². The lowest BCUT2D eigenvalue weighted by Gasteiger charge is -2.22. The molecule has 0 unspecified atom stereocenters. The number of nitrogens with zero attached hydrogens (tertiary/aromatic N) is 5. The van der Waals surface area contributed by atoms with Crippen LogP contribution in [0, 0.1) is 0 Å². The van der Waals surface area contributed by atoms with Crippen LogP contribution in [0.4, 0.5) is 0 Å². The lowest BCUT2D eigenvalue weighted by molar-refractivity contribution is 0.281. The third-order valence-corrected chi connectivity index (χ3v) is 3.78. The molecule has 2 aromatic rings. The number of rotatable bonds is 7. The summed E-state index contributed by atoms with van der Waals surface area (Å²) in [6, 6.07) is 7.33. The van der Waals surface area contributed by atoms with E-state index >= 15 is 0 Å². The molecule has 1 aromatic carbocycles. The summed E-state index contributed by atoms with van der Waals surface area (Å²) in [6.07, 6.45) is 1.73. The summed E-state index contributed by atoms with van der Waals surface area (Å²) in [7, 11) is 3.72. The molecule has 0 atom stereocenters. The highest BCUT2D eigenvalue weighted by molar-refractivity contribution is 6.30. The van der Waals surface area contributed by atoms with Crippen LogP contribution in [0.15, 0.2) is 35.6 Å². The molecule has 0 spiro atoms.